The van der Waals surface area contributed by atoms with Gasteiger partial charge in [-0.15, -0.1) is 6.58 Å². The Morgan fingerprint density at radius 1 is 0.886 bits per heavy atom. The van der Waals surface area contributed by atoms with E-state index in [2.05, 4.69) is 6.58 Å². The molecule has 2 aliphatic heterocycles. The van der Waals surface area contributed by atoms with Crippen molar-refractivity contribution in [3.63, 3.8) is 0 Å². The Kier molecular flexibility index (Phi) is 12.5. The number of hydrogen-bond acceptors (Lipinski definition) is 12. The lowest BCUT2D eigenvalue weighted by molar-refractivity contribution is -0.383. The third kappa shape index (κ3) is 7.89. The minimum atomic E-state index is -2.27. The molecule has 12 nitrogen and oxygen atoms in total. The Bertz CT molecular complexity index is 648. The number of allylic oxidation sites excluding steroid dienone is 1. The SMILES string of the molecule is C=CCCCCCCCCC(=O)OC[C@H]1O[C@H](O[C@]2(CO)O[C@H](CO)[C@@H](O)[C@@H]2O)[C@H](O)[C@@H](O)[C@@H]1O. The van der Waals surface area contributed by atoms with E-state index in [1.807, 2.05) is 6.08 Å². The minimum absolute atomic E-state index is 0.175. The molecule has 2 fully saturated rings. The Morgan fingerprint density at radius 2 is 1.54 bits per heavy atom. The number of aliphatic hydroxyl groups excluding tert-OH is 7. The summed E-state index contributed by atoms with van der Waals surface area (Å²) in [6.07, 6.45) is -4.06. The van der Waals surface area contributed by atoms with E-state index >= 15 is 0 Å². The summed E-state index contributed by atoms with van der Waals surface area (Å²) in [5.74, 6) is -2.78. The van der Waals surface area contributed by atoms with Crippen LogP contribution in [0, 0.1) is 0 Å². The molecule has 7 N–H and O–H groups in total. The summed E-state index contributed by atoms with van der Waals surface area (Å²) in [6, 6.07) is 0. The number of unbranched alkanes of at least 4 members (excludes halogenated alkanes) is 6. The molecule has 2 heterocycles. The lowest BCUT2D eigenvalue weighted by atomic mass is 9.99. The summed E-state index contributed by atoms with van der Waals surface area (Å²) >= 11 is 0. The van der Waals surface area contributed by atoms with Crippen molar-refractivity contribution in [2.24, 2.45) is 0 Å². The molecule has 0 unspecified atom stereocenters. The van der Waals surface area contributed by atoms with E-state index in [-0.39, 0.29) is 6.42 Å². The molecule has 0 aromatic carbocycles. The first-order valence-corrected chi connectivity index (χ1v) is 12.1. The van der Waals surface area contributed by atoms with Gasteiger partial charge in [-0.25, -0.2) is 0 Å². The van der Waals surface area contributed by atoms with Crippen LogP contribution in [0.5, 0.6) is 0 Å². The van der Waals surface area contributed by atoms with Gasteiger partial charge in [0.25, 0.3) is 0 Å². The highest BCUT2D eigenvalue weighted by molar-refractivity contribution is 5.69. The van der Waals surface area contributed by atoms with Crippen LogP contribution in [0.25, 0.3) is 0 Å². The molecule has 2 rings (SSSR count). The fraction of sp³-hybridized carbons (Fsp3) is 0.870. The van der Waals surface area contributed by atoms with Gasteiger partial charge in [-0.05, 0) is 19.3 Å². The molecule has 0 saturated carbocycles. The summed E-state index contributed by atoms with van der Waals surface area (Å²) in [7, 11) is 0. The summed E-state index contributed by atoms with van der Waals surface area (Å²) in [5.41, 5.74) is 0. The number of carbonyl (C=O) groups excluding carboxylic acids is 1. The topological polar surface area (TPSA) is 196 Å². The number of hydrogen-bond donors (Lipinski definition) is 7. The van der Waals surface area contributed by atoms with Crippen LogP contribution in [-0.4, -0.2) is 116 Å². The van der Waals surface area contributed by atoms with Crippen molar-refractivity contribution in [3.8, 4) is 0 Å². The zero-order valence-electron chi connectivity index (χ0n) is 19.9. The van der Waals surface area contributed by atoms with Crippen LogP contribution in [0.2, 0.25) is 0 Å². The summed E-state index contributed by atoms with van der Waals surface area (Å²) in [5, 5.41) is 70.0. The van der Waals surface area contributed by atoms with Gasteiger partial charge in [-0.2, -0.15) is 0 Å². The van der Waals surface area contributed by atoms with Crippen molar-refractivity contribution in [1.29, 1.82) is 0 Å². The summed E-state index contributed by atoms with van der Waals surface area (Å²) < 4.78 is 21.3. The standard InChI is InChI=1S/C23H40O12/c1-2-3-4-5-6-7-8-9-10-16(26)32-12-15-17(27)19(29)20(30)22(33-15)35-23(13-25)21(31)18(28)14(11-24)34-23/h2,14-15,17-22,24-25,27-31H,1,3-13H2/t14-,15-,17-,18-,19+,20-,21+,22-,23+/m1/s1. The van der Waals surface area contributed by atoms with Crippen LogP contribution in [0.3, 0.4) is 0 Å². The van der Waals surface area contributed by atoms with Crippen LogP contribution in [0.15, 0.2) is 12.7 Å². The second-order valence-electron chi connectivity index (χ2n) is 9.01. The Balaban J connectivity index is 1.84. The maximum atomic E-state index is 12.1. The lowest BCUT2D eigenvalue weighted by Gasteiger charge is -2.43. The van der Waals surface area contributed by atoms with Crippen LogP contribution in [-0.2, 0) is 23.7 Å². The molecule has 204 valence electrons. The number of aliphatic hydroxyl groups is 7. The molecule has 0 aliphatic carbocycles. The largest absolute Gasteiger partial charge is 0.463 e. The molecule has 12 heteroatoms. The summed E-state index contributed by atoms with van der Waals surface area (Å²) in [4.78, 5) is 12.1. The quantitative estimate of drug-likeness (QED) is 0.0766. The van der Waals surface area contributed by atoms with Crippen molar-refractivity contribution in [2.45, 2.75) is 106 Å². The molecule has 2 aliphatic rings. The van der Waals surface area contributed by atoms with Gasteiger partial charge in [0.1, 0.15) is 55.9 Å². The molecule has 0 aromatic heterocycles. The third-order valence-corrected chi connectivity index (χ3v) is 6.34. The molecule has 0 aromatic rings. The Labute approximate surface area is 204 Å². The fourth-order valence-electron chi connectivity index (χ4n) is 4.13. The van der Waals surface area contributed by atoms with E-state index in [0.29, 0.717) is 6.42 Å². The third-order valence-electron chi connectivity index (χ3n) is 6.34. The van der Waals surface area contributed by atoms with Crippen LogP contribution < -0.4 is 0 Å². The molecule has 0 amide bonds. The number of rotatable bonds is 15. The molecule has 0 bridgehead atoms. The molecule has 35 heavy (non-hydrogen) atoms. The van der Waals surface area contributed by atoms with Crippen molar-refractivity contribution < 1.29 is 59.5 Å². The normalized spacial score (nSPS) is 37.3. The second kappa shape index (κ2) is 14.5. The minimum Gasteiger partial charge on any atom is -0.463 e. The predicted molar refractivity (Wildman–Crippen MR) is 120 cm³/mol. The van der Waals surface area contributed by atoms with E-state index in [1.165, 1.54) is 0 Å². The maximum absolute atomic E-state index is 12.1. The van der Waals surface area contributed by atoms with Crippen molar-refractivity contribution in [1.82, 2.24) is 0 Å². The predicted octanol–water partition coefficient (Wildman–Crippen LogP) is -1.54. The van der Waals surface area contributed by atoms with Gasteiger partial charge in [0.2, 0.25) is 5.79 Å². The van der Waals surface area contributed by atoms with Crippen LogP contribution in [0.1, 0.15) is 51.4 Å². The average molecular weight is 509 g/mol. The smallest absolute Gasteiger partial charge is 0.305 e. The van der Waals surface area contributed by atoms with E-state index in [0.717, 1.165) is 38.5 Å². The Morgan fingerprint density at radius 3 is 2.14 bits per heavy atom. The molecular formula is C23H40O12. The van der Waals surface area contributed by atoms with Gasteiger partial charge in [0.05, 0.1) is 6.61 Å². The van der Waals surface area contributed by atoms with Gasteiger partial charge in [0.15, 0.2) is 6.29 Å². The van der Waals surface area contributed by atoms with Gasteiger partial charge >= 0.3 is 5.97 Å². The van der Waals surface area contributed by atoms with E-state index in [4.69, 9.17) is 18.9 Å². The van der Waals surface area contributed by atoms with E-state index < -0.39 is 80.6 Å². The molecule has 0 radical (unpaired) electrons. The van der Waals surface area contributed by atoms with E-state index in [1.54, 1.807) is 0 Å². The van der Waals surface area contributed by atoms with Crippen molar-refractivity contribution >= 4 is 5.97 Å². The fourth-order valence-corrected chi connectivity index (χ4v) is 4.13. The molecule has 2 saturated heterocycles. The highest BCUT2D eigenvalue weighted by Gasteiger charge is 2.58. The zero-order valence-corrected chi connectivity index (χ0v) is 19.9. The number of carbonyl (C=O) groups is 1. The van der Waals surface area contributed by atoms with E-state index in [9.17, 15) is 40.5 Å². The summed E-state index contributed by atoms with van der Waals surface area (Å²) in [6.45, 7) is 1.57. The first-order valence-electron chi connectivity index (χ1n) is 12.1. The average Bonchev–Trinajstić information content (AvgIpc) is 3.10. The van der Waals surface area contributed by atoms with Crippen molar-refractivity contribution in [3.05, 3.63) is 12.7 Å². The first-order chi connectivity index (χ1) is 16.7. The second-order valence-corrected chi connectivity index (χ2v) is 9.01. The zero-order chi connectivity index (χ0) is 26.0. The molecule has 0 spiro atoms. The highest BCUT2D eigenvalue weighted by Crippen LogP contribution is 2.36. The van der Waals surface area contributed by atoms with Crippen LogP contribution >= 0.6 is 0 Å². The van der Waals surface area contributed by atoms with Gasteiger partial charge in [-0.1, -0.05) is 31.8 Å². The number of esters is 1. The first kappa shape index (κ1) is 30.0. The Hall–Kier alpha value is -1.19. The number of ether oxygens (including phenoxy) is 4. The monoisotopic (exact) mass is 508 g/mol. The lowest BCUT2D eigenvalue weighted by Crippen LogP contribution is -2.62. The van der Waals surface area contributed by atoms with Crippen LogP contribution in [0.4, 0.5) is 0 Å². The molecule has 9 atom stereocenters. The van der Waals surface area contributed by atoms with Gasteiger partial charge < -0.3 is 54.7 Å². The van der Waals surface area contributed by atoms with Gasteiger partial charge in [0, 0.05) is 6.42 Å². The van der Waals surface area contributed by atoms with Gasteiger partial charge in [-0.3, -0.25) is 4.79 Å². The maximum Gasteiger partial charge on any atom is 0.305 e. The molecular weight excluding hydrogens is 468 g/mol. The van der Waals surface area contributed by atoms with Crippen molar-refractivity contribution in [2.75, 3.05) is 19.8 Å². The highest BCUT2D eigenvalue weighted by atomic mass is 16.8.